The molecule has 0 aliphatic carbocycles. The molecule has 92 valence electrons. The van der Waals surface area contributed by atoms with Crippen molar-refractivity contribution in [2.75, 3.05) is 6.61 Å². The number of Topliss-reactive ketones (excluding diaryl/α,β-unsaturated/α-hetero) is 1. The van der Waals surface area contributed by atoms with E-state index in [0.717, 1.165) is 31.4 Å². The van der Waals surface area contributed by atoms with Gasteiger partial charge < -0.3 is 4.74 Å². The first-order chi connectivity index (χ1) is 8.24. The number of rotatable bonds is 5. The average Bonchev–Trinajstić information content (AvgIpc) is 2.79. The van der Waals surface area contributed by atoms with Crippen molar-refractivity contribution in [3.63, 3.8) is 0 Å². The Kier molecular flexibility index (Phi) is 4.32. The molecule has 1 fully saturated rings. The number of hydrogen-bond donors (Lipinski definition) is 0. The molecule has 1 aliphatic heterocycles. The van der Waals surface area contributed by atoms with Gasteiger partial charge >= 0.3 is 0 Å². The van der Waals surface area contributed by atoms with Crippen molar-refractivity contribution in [2.45, 2.75) is 45.1 Å². The van der Waals surface area contributed by atoms with Gasteiger partial charge in [-0.2, -0.15) is 0 Å². The van der Waals surface area contributed by atoms with E-state index in [2.05, 4.69) is 19.1 Å². The highest BCUT2D eigenvalue weighted by Crippen LogP contribution is 2.17. The van der Waals surface area contributed by atoms with Crippen LogP contribution < -0.4 is 0 Å². The van der Waals surface area contributed by atoms with Crippen molar-refractivity contribution in [3.8, 4) is 0 Å². The smallest absolute Gasteiger partial charge is 0.137 e. The fraction of sp³-hybridized carbons (Fsp3) is 0.533. The van der Waals surface area contributed by atoms with Crippen molar-refractivity contribution < 1.29 is 9.53 Å². The molecule has 1 aromatic rings. The lowest BCUT2D eigenvalue weighted by molar-refractivity contribution is -0.119. The van der Waals surface area contributed by atoms with Crippen LogP contribution in [0, 0.1) is 6.92 Å². The lowest BCUT2D eigenvalue weighted by Crippen LogP contribution is -2.10. The molecule has 2 rings (SSSR count). The summed E-state index contributed by atoms with van der Waals surface area (Å²) in [4.78, 5) is 11.8. The molecular formula is C15H20O2. The van der Waals surface area contributed by atoms with Crippen LogP contribution in [-0.4, -0.2) is 18.5 Å². The van der Waals surface area contributed by atoms with Gasteiger partial charge in [0.25, 0.3) is 0 Å². The maximum absolute atomic E-state index is 11.8. The molecule has 1 unspecified atom stereocenters. The summed E-state index contributed by atoms with van der Waals surface area (Å²) < 4.78 is 5.52. The van der Waals surface area contributed by atoms with E-state index < -0.39 is 0 Å². The van der Waals surface area contributed by atoms with Crippen LogP contribution in [0.15, 0.2) is 24.3 Å². The van der Waals surface area contributed by atoms with Gasteiger partial charge in [-0.15, -0.1) is 0 Å². The maximum Gasteiger partial charge on any atom is 0.137 e. The first-order valence-corrected chi connectivity index (χ1v) is 6.43. The molecule has 0 aromatic heterocycles. The third kappa shape index (κ3) is 3.97. The van der Waals surface area contributed by atoms with E-state index in [1.165, 1.54) is 5.56 Å². The standard InChI is InChI=1S/C15H20O2/c1-12-4-2-5-13(10-12)11-14(16)7-8-15-6-3-9-17-15/h2,4-5,10,15H,3,6-9,11H2,1H3. The van der Waals surface area contributed by atoms with Gasteiger partial charge in [0.1, 0.15) is 5.78 Å². The number of carbonyl (C=O) groups excluding carboxylic acids is 1. The van der Waals surface area contributed by atoms with Gasteiger partial charge in [-0.05, 0) is 31.7 Å². The fourth-order valence-corrected chi connectivity index (χ4v) is 2.33. The second-order valence-corrected chi connectivity index (χ2v) is 4.88. The minimum atomic E-state index is 0.325. The van der Waals surface area contributed by atoms with E-state index in [1.54, 1.807) is 0 Å². The minimum absolute atomic E-state index is 0.325. The number of ketones is 1. The fourth-order valence-electron chi connectivity index (χ4n) is 2.33. The molecule has 2 heteroatoms. The van der Waals surface area contributed by atoms with Crippen LogP contribution in [0.5, 0.6) is 0 Å². The molecule has 0 radical (unpaired) electrons. The molecule has 2 nitrogen and oxygen atoms in total. The summed E-state index contributed by atoms with van der Waals surface area (Å²) >= 11 is 0. The number of hydrogen-bond acceptors (Lipinski definition) is 2. The Hall–Kier alpha value is -1.15. The Morgan fingerprint density at radius 3 is 3.06 bits per heavy atom. The van der Waals surface area contributed by atoms with Crippen LogP contribution in [0.2, 0.25) is 0 Å². The highest BCUT2D eigenvalue weighted by molar-refractivity contribution is 5.80. The Balaban J connectivity index is 1.76. The molecule has 1 saturated heterocycles. The normalized spacial score (nSPS) is 19.5. The third-order valence-electron chi connectivity index (χ3n) is 3.25. The van der Waals surface area contributed by atoms with E-state index >= 15 is 0 Å². The Bertz CT molecular complexity index is 378. The van der Waals surface area contributed by atoms with Crippen molar-refractivity contribution in [1.29, 1.82) is 0 Å². The summed E-state index contributed by atoms with van der Waals surface area (Å²) in [5.74, 6) is 0.325. The summed E-state index contributed by atoms with van der Waals surface area (Å²) in [6, 6.07) is 8.18. The Morgan fingerprint density at radius 2 is 2.35 bits per heavy atom. The summed E-state index contributed by atoms with van der Waals surface area (Å²) in [7, 11) is 0. The van der Waals surface area contributed by atoms with Crippen LogP contribution in [0.25, 0.3) is 0 Å². The first kappa shape index (κ1) is 12.3. The van der Waals surface area contributed by atoms with Gasteiger partial charge in [-0.1, -0.05) is 29.8 Å². The van der Waals surface area contributed by atoms with E-state index in [9.17, 15) is 4.79 Å². The molecule has 0 N–H and O–H groups in total. The van der Waals surface area contributed by atoms with E-state index in [4.69, 9.17) is 4.74 Å². The van der Waals surface area contributed by atoms with Crippen molar-refractivity contribution in [2.24, 2.45) is 0 Å². The first-order valence-electron chi connectivity index (χ1n) is 6.43. The predicted octanol–water partition coefficient (Wildman–Crippen LogP) is 3.07. The Morgan fingerprint density at radius 1 is 1.47 bits per heavy atom. The van der Waals surface area contributed by atoms with E-state index in [1.807, 2.05) is 12.1 Å². The van der Waals surface area contributed by atoms with Gasteiger partial charge in [-0.25, -0.2) is 0 Å². The highest BCUT2D eigenvalue weighted by Gasteiger charge is 2.16. The number of ether oxygens (including phenoxy) is 1. The SMILES string of the molecule is Cc1cccc(CC(=O)CCC2CCCO2)c1. The molecule has 17 heavy (non-hydrogen) atoms. The molecule has 1 atom stereocenters. The van der Waals surface area contributed by atoms with Crippen molar-refractivity contribution in [3.05, 3.63) is 35.4 Å². The molecular weight excluding hydrogens is 212 g/mol. The topological polar surface area (TPSA) is 26.3 Å². The van der Waals surface area contributed by atoms with Crippen LogP contribution in [0.4, 0.5) is 0 Å². The summed E-state index contributed by atoms with van der Waals surface area (Å²) in [6.45, 7) is 2.93. The third-order valence-corrected chi connectivity index (χ3v) is 3.25. The second kappa shape index (κ2) is 5.97. The van der Waals surface area contributed by atoms with Crippen LogP contribution in [-0.2, 0) is 16.0 Å². The zero-order valence-corrected chi connectivity index (χ0v) is 10.4. The lowest BCUT2D eigenvalue weighted by Gasteiger charge is -2.08. The molecule has 0 spiro atoms. The zero-order valence-electron chi connectivity index (χ0n) is 10.4. The summed E-state index contributed by atoms with van der Waals surface area (Å²) in [6.07, 6.45) is 4.71. The number of benzene rings is 1. The summed E-state index contributed by atoms with van der Waals surface area (Å²) in [5.41, 5.74) is 2.34. The summed E-state index contributed by atoms with van der Waals surface area (Å²) in [5, 5.41) is 0. The van der Waals surface area contributed by atoms with Crippen molar-refractivity contribution >= 4 is 5.78 Å². The molecule has 0 bridgehead atoms. The highest BCUT2D eigenvalue weighted by atomic mass is 16.5. The zero-order chi connectivity index (χ0) is 12.1. The predicted molar refractivity (Wildman–Crippen MR) is 68.1 cm³/mol. The molecule has 1 heterocycles. The molecule has 0 amide bonds. The van der Waals surface area contributed by atoms with Crippen LogP contribution in [0.3, 0.4) is 0 Å². The van der Waals surface area contributed by atoms with Crippen molar-refractivity contribution in [1.82, 2.24) is 0 Å². The number of aryl methyl sites for hydroxylation is 1. The molecule has 1 aromatic carbocycles. The maximum atomic E-state index is 11.8. The van der Waals surface area contributed by atoms with Crippen LogP contribution >= 0.6 is 0 Å². The van der Waals surface area contributed by atoms with Gasteiger partial charge in [-0.3, -0.25) is 4.79 Å². The monoisotopic (exact) mass is 232 g/mol. The van der Waals surface area contributed by atoms with E-state index in [0.29, 0.717) is 24.7 Å². The lowest BCUT2D eigenvalue weighted by atomic mass is 10.0. The Labute approximate surface area is 103 Å². The minimum Gasteiger partial charge on any atom is -0.378 e. The van der Waals surface area contributed by atoms with Gasteiger partial charge in [0.15, 0.2) is 0 Å². The van der Waals surface area contributed by atoms with Gasteiger partial charge in [0, 0.05) is 19.4 Å². The molecule has 0 saturated carbocycles. The second-order valence-electron chi connectivity index (χ2n) is 4.88. The van der Waals surface area contributed by atoms with Gasteiger partial charge in [0.2, 0.25) is 0 Å². The quantitative estimate of drug-likeness (QED) is 0.780. The van der Waals surface area contributed by atoms with E-state index in [-0.39, 0.29) is 0 Å². The molecule has 1 aliphatic rings. The van der Waals surface area contributed by atoms with Gasteiger partial charge in [0.05, 0.1) is 6.10 Å². The largest absolute Gasteiger partial charge is 0.378 e. The number of carbonyl (C=O) groups is 1. The van der Waals surface area contributed by atoms with Crippen LogP contribution in [0.1, 0.15) is 36.8 Å². The average molecular weight is 232 g/mol.